The number of halogens is 1. The first-order valence-electron chi connectivity index (χ1n) is 7.86. The van der Waals surface area contributed by atoms with Crippen LogP contribution in [-0.4, -0.2) is 46.0 Å². The second-order valence-electron chi connectivity index (χ2n) is 5.90. The summed E-state index contributed by atoms with van der Waals surface area (Å²) in [6.07, 6.45) is 0. The van der Waals surface area contributed by atoms with Crippen LogP contribution in [0.1, 0.15) is 22.3 Å². The van der Waals surface area contributed by atoms with Crippen molar-refractivity contribution in [1.82, 2.24) is 14.6 Å². The van der Waals surface area contributed by atoms with Gasteiger partial charge in [0.05, 0.1) is 13.2 Å². The molecule has 1 aliphatic rings. The molecule has 0 spiro atoms. The van der Waals surface area contributed by atoms with E-state index >= 15 is 0 Å². The van der Waals surface area contributed by atoms with Crippen LogP contribution in [0.25, 0.3) is 4.96 Å². The monoisotopic (exact) mass is 365 g/mol. The maximum Gasteiger partial charge on any atom is 0.235 e. The summed E-state index contributed by atoms with van der Waals surface area (Å²) in [5.74, 6) is 0.820. The van der Waals surface area contributed by atoms with Gasteiger partial charge in [0.1, 0.15) is 23.8 Å². The Bertz CT molecular complexity index is 872. The first kappa shape index (κ1) is 15.8. The number of fused-ring (bicyclic) bond motifs is 1. The van der Waals surface area contributed by atoms with Gasteiger partial charge < -0.3 is 14.7 Å². The van der Waals surface area contributed by atoms with Crippen LogP contribution in [0.4, 0.5) is 0 Å². The molecule has 0 amide bonds. The molecule has 6 nitrogen and oxygen atoms in total. The summed E-state index contributed by atoms with van der Waals surface area (Å²) in [5.41, 5.74) is 1.08. The van der Waals surface area contributed by atoms with Crippen molar-refractivity contribution in [2.45, 2.75) is 13.0 Å². The van der Waals surface area contributed by atoms with Crippen LogP contribution in [0, 0.1) is 6.92 Å². The van der Waals surface area contributed by atoms with Crippen LogP contribution in [0.15, 0.2) is 24.3 Å². The standard InChI is InChI=1S/C16H17ClN4O2S/c1-10-18-16-21(19-10)15(22)14(24-16)13(20-5-7-23-8-6-20)11-3-2-4-12(17)9-11/h2-4,9,13,22H,5-8H2,1H3/p+1/t13-/m1/s1. The molecule has 0 radical (unpaired) electrons. The third-order valence-corrected chi connectivity index (χ3v) is 5.61. The number of quaternary nitrogens is 1. The Morgan fingerprint density at radius 2 is 2.17 bits per heavy atom. The SMILES string of the molecule is Cc1nc2sc([C@@H](c3cccc(Cl)c3)[NH+]3CCOCC3)c(O)n2n1. The molecule has 0 unspecified atom stereocenters. The van der Waals surface area contributed by atoms with E-state index in [2.05, 4.69) is 16.1 Å². The smallest absolute Gasteiger partial charge is 0.235 e. The summed E-state index contributed by atoms with van der Waals surface area (Å²) >= 11 is 7.69. The maximum atomic E-state index is 10.7. The third-order valence-electron chi connectivity index (χ3n) is 4.29. The molecule has 3 heterocycles. The summed E-state index contributed by atoms with van der Waals surface area (Å²) in [6.45, 7) is 5.01. The molecular weight excluding hydrogens is 348 g/mol. The number of hydrogen-bond donors (Lipinski definition) is 2. The first-order chi connectivity index (χ1) is 11.6. The number of nitrogens with zero attached hydrogens (tertiary/aromatic N) is 3. The predicted molar refractivity (Wildman–Crippen MR) is 92.1 cm³/mol. The lowest BCUT2D eigenvalue weighted by molar-refractivity contribution is -0.932. The van der Waals surface area contributed by atoms with E-state index in [-0.39, 0.29) is 11.9 Å². The van der Waals surface area contributed by atoms with Gasteiger partial charge >= 0.3 is 0 Å². The first-order valence-corrected chi connectivity index (χ1v) is 9.06. The molecule has 2 N–H and O–H groups in total. The second-order valence-corrected chi connectivity index (χ2v) is 7.35. The van der Waals surface area contributed by atoms with Crippen molar-refractivity contribution < 1.29 is 14.7 Å². The van der Waals surface area contributed by atoms with Gasteiger partial charge in [-0.05, 0) is 19.1 Å². The molecule has 3 aromatic rings. The molecule has 126 valence electrons. The Hall–Kier alpha value is -1.67. The molecule has 1 aliphatic heterocycles. The van der Waals surface area contributed by atoms with Crippen LogP contribution in [0.2, 0.25) is 5.02 Å². The molecule has 4 rings (SSSR count). The molecule has 1 fully saturated rings. The van der Waals surface area contributed by atoms with Gasteiger partial charge in [-0.2, -0.15) is 4.52 Å². The highest BCUT2D eigenvalue weighted by Gasteiger charge is 2.33. The van der Waals surface area contributed by atoms with E-state index in [1.807, 2.05) is 25.1 Å². The topological polar surface area (TPSA) is 64.1 Å². The van der Waals surface area contributed by atoms with Gasteiger partial charge in [-0.3, -0.25) is 0 Å². The van der Waals surface area contributed by atoms with Gasteiger partial charge in [0.15, 0.2) is 6.04 Å². The lowest BCUT2D eigenvalue weighted by atomic mass is 10.0. The Kier molecular flexibility index (Phi) is 4.17. The number of rotatable bonds is 3. The second kappa shape index (κ2) is 6.33. The largest absolute Gasteiger partial charge is 0.492 e. The number of hydrogen-bond acceptors (Lipinski definition) is 5. The van der Waals surface area contributed by atoms with Gasteiger partial charge in [0.25, 0.3) is 0 Å². The van der Waals surface area contributed by atoms with Gasteiger partial charge in [0.2, 0.25) is 10.8 Å². The molecular formula is C16H18ClN4O2S+. The van der Waals surface area contributed by atoms with E-state index in [0.29, 0.717) is 29.0 Å². The Morgan fingerprint density at radius 1 is 1.38 bits per heavy atom. The van der Waals surface area contributed by atoms with E-state index < -0.39 is 0 Å². The molecule has 2 aromatic heterocycles. The summed E-state index contributed by atoms with van der Waals surface area (Å²) in [6, 6.07) is 7.82. The van der Waals surface area contributed by atoms with Gasteiger partial charge in [-0.1, -0.05) is 35.1 Å². The van der Waals surface area contributed by atoms with Crippen molar-refractivity contribution in [1.29, 1.82) is 0 Å². The van der Waals surface area contributed by atoms with E-state index in [0.717, 1.165) is 23.5 Å². The van der Waals surface area contributed by atoms with Crippen LogP contribution >= 0.6 is 22.9 Å². The minimum atomic E-state index is -0.0126. The average molecular weight is 366 g/mol. The zero-order valence-electron chi connectivity index (χ0n) is 13.2. The fraction of sp³-hybridized carbons (Fsp3) is 0.375. The molecule has 1 atom stereocenters. The quantitative estimate of drug-likeness (QED) is 0.737. The lowest BCUT2D eigenvalue weighted by Crippen LogP contribution is -3.14. The Morgan fingerprint density at radius 3 is 2.88 bits per heavy atom. The molecule has 0 bridgehead atoms. The highest BCUT2D eigenvalue weighted by molar-refractivity contribution is 7.17. The zero-order valence-corrected chi connectivity index (χ0v) is 14.8. The number of benzene rings is 1. The van der Waals surface area contributed by atoms with Crippen molar-refractivity contribution in [2.75, 3.05) is 26.3 Å². The number of aryl methyl sites for hydroxylation is 1. The highest BCUT2D eigenvalue weighted by atomic mass is 35.5. The minimum absolute atomic E-state index is 0.0126. The minimum Gasteiger partial charge on any atom is -0.492 e. The van der Waals surface area contributed by atoms with Gasteiger partial charge in [-0.15, -0.1) is 5.10 Å². The summed E-state index contributed by atoms with van der Waals surface area (Å²) in [7, 11) is 0. The number of aromatic nitrogens is 3. The van der Waals surface area contributed by atoms with Crippen molar-refractivity contribution >= 4 is 27.9 Å². The zero-order chi connectivity index (χ0) is 16.7. The van der Waals surface area contributed by atoms with Crippen LogP contribution in [0.3, 0.4) is 0 Å². The van der Waals surface area contributed by atoms with E-state index in [1.54, 1.807) is 0 Å². The Labute approximate surface area is 148 Å². The normalized spacial score (nSPS) is 17.4. The summed E-state index contributed by atoms with van der Waals surface area (Å²) in [5, 5.41) is 15.7. The van der Waals surface area contributed by atoms with Crippen molar-refractivity contribution in [3.63, 3.8) is 0 Å². The molecule has 1 aromatic carbocycles. The number of thiazole rings is 1. The third kappa shape index (κ3) is 2.77. The highest BCUT2D eigenvalue weighted by Crippen LogP contribution is 2.35. The fourth-order valence-corrected chi connectivity index (χ4v) is 4.60. The van der Waals surface area contributed by atoms with Crippen molar-refractivity contribution in [3.05, 3.63) is 45.6 Å². The predicted octanol–water partition coefficient (Wildman–Crippen LogP) is 1.46. The molecule has 24 heavy (non-hydrogen) atoms. The molecule has 1 saturated heterocycles. The molecule has 0 aliphatic carbocycles. The van der Waals surface area contributed by atoms with Gasteiger partial charge in [0, 0.05) is 10.6 Å². The number of morpholine rings is 1. The van der Waals surface area contributed by atoms with Crippen molar-refractivity contribution in [2.24, 2.45) is 0 Å². The number of nitrogens with one attached hydrogen (secondary N) is 1. The summed E-state index contributed by atoms with van der Waals surface area (Å²) < 4.78 is 7.02. The van der Waals surface area contributed by atoms with Gasteiger partial charge in [-0.25, -0.2) is 4.98 Å². The van der Waals surface area contributed by atoms with Crippen LogP contribution in [0.5, 0.6) is 5.88 Å². The number of ether oxygens (including phenoxy) is 1. The lowest BCUT2D eigenvalue weighted by Gasteiger charge is -2.31. The summed E-state index contributed by atoms with van der Waals surface area (Å²) in [4.78, 5) is 7.30. The van der Waals surface area contributed by atoms with Crippen LogP contribution < -0.4 is 4.90 Å². The van der Waals surface area contributed by atoms with Crippen LogP contribution in [-0.2, 0) is 4.74 Å². The number of aromatic hydroxyl groups is 1. The molecule has 0 saturated carbocycles. The Balaban J connectivity index is 1.84. The van der Waals surface area contributed by atoms with E-state index in [4.69, 9.17) is 16.3 Å². The van der Waals surface area contributed by atoms with E-state index in [9.17, 15) is 5.11 Å². The molecule has 8 heteroatoms. The maximum absolute atomic E-state index is 10.7. The van der Waals surface area contributed by atoms with E-state index in [1.165, 1.54) is 20.8 Å². The average Bonchev–Trinajstić information content (AvgIpc) is 3.07. The fourth-order valence-electron chi connectivity index (χ4n) is 3.22. The van der Waals surface area contributed by atoms with Crippen molar-refractivity contribution in [3.8, 4) is 5.88 Å².